The van der Waals surface area contributed by atoms with Crippen molar-refractivity contribution < 1.29 is 9.59 Å². The molecule has 0 saturated heterocycles. The number of aromatic amines is 1. The number of hydrogen-bond donors (Lipinski definition) is 1. The van der Waals surface area contributed by atoms with Crippen LogP contribution in [0.5, 0.6) is 0 Å². The smallest absolute Gasteiger partial charge is 0.200 e. The summed E-state index contributed by atoms with van der Waals surface area (Å²) in [6, 6.07) is 29.4. The van der Waals surface area contributed by atoms with E-state index in [4.69, 9.17) is 0 Å². The molecule has 0 spiro atoms. The van der Waals surface area contributed by atoms with Gasteiger partial charge in [0.05, 0.1) is 16.6 Å². The third-order valence-corrected chi connectivity index (χ3v) is 7.55. The molecule has 0 aliphatic carbocycles. The van der Waals surface area contributed by atoms with Gasteiger partial charge in [-0.05, 0) is 61.0 Å². The lowest BCUT2D eigenvalue weighted by Gasteiger charge is -2.14. The number of fused-ring (bicyclic) bond motifs is 2. The number of nitrogens with zero attached hydrogens (tertiary/aromatic N) is 3. The Hall–Kier alpha value is -6.28. The second-order valence-electron chi connectivity index (χ2n) is 10.7. The minimum atomic E-state index is -0.319. The SMILES string of the molecule is Cc1cccc(Cn2cc(C(=O)c3cccnc3)c(=O)c3ccccc32)c1.O=C(c1cccnc1)c1c[nH]c2ccccc2c1=O. The molecule has 8 heteroatoms. The fraction of sp³-hybridized carbons (Fsp3) is 0.0526. The third kappa shape index (κ3) is 6.18. The molecule has 7 aromatic rings. The molecule has 0 atom stereocenters. The molecular formula is C38H28N4O4. The minimum Gasteiger partial charge on any atom is -0.360 e. The molecule has 8 nitrogen and oxygen atoms in total. The molecule has 0 aliphatic rings. The second kappa shape index (κ2) is 13.2. The van der Waals surface area contributed by atoms with Gasteiger partial charge in [-0.25, -0.2) is 0 Å². The van der Waals surface area contributed by atoms with Crippen LogP contribution in [0.1, 0.15) is 43.0 Å². The normalized spacial score (nSPS) is 10.7. The summed E-state index contributed by atoms with van der Waals surface area (Å²) in [4.78, 5) is 61.2. The summed E-state index contributed by atoms with van der Waals surface area (Å²) in [6.45, 7) is 2.63. The van der Waals surface area contributed by atoms with Gasteiger partial charge in [0, 0.05) is 71.1 Å². The van der Waals surface area contributed by atoms with Crippen molar-refractivity contribution >= 4 is 33.4 Å². The lowest BCUT2D eigenvalue weighted by molar-refractivity contribution is 0.102. The Labute approximate surface area is 263 Å². The number of ketones is 2. The molecule has 0 amide bonds. The molecule has 4 heterocycles. The lowest BCUT2D eigenvalue weighted by Crippen LogP contribution is -2.20. The highest BCUT2D eigenvalue weighted by Crippen LogP contribution is 2.17. The van der Waals surface area contributed by atoms with Gasteiger partial charge in [0.25, 0.3) is 0 Å². The number of para-hydroxylation sites is 2. The zero-order chi connectivity index (χ0) is 32.0. The van der Waals surface area contributed by atoms with E-state index in [1.165, 1.54) is 24.2 Å². The summed E-state index contributed by atoms with van der Waals surface area (Å²) in [5.41, 5.74) is 4.41. The number of carbonyl (C=O) groups excluding carboxylic acids is 2. The molecule has 0 aliphatic heterocycles. The van der Waals surface area contributed by atoms with Crippen LogP contribution in [-0.4, -0.2) is 31.1 Å². The van der Waals surface area contributed by atoms with Crippen LogP contribution in [0.3, 0.4) is 0 Å². The number of aryl methyl sites for hydroxylation is 1. The molecular weight excluding hydrogens is 576 g/mol. The maximum absolute atomic E-state index is 12.9. The summed E-state index contributed by atoms with van der Waals surface area (Å²) >= 11 is 0. The lowest BCUT2D eigenvalue weighted by atomic mass is 10.0. The zero-order valence-electron chi connectivity index (χ0n) is 24.9. The van der Waals surface area contributed by atoms with Crippen LogP contribution >= 0.6 is 0 Å². The number of pyridine rings is 4. The van der Waals surface area contributed by atoms with E-state index in [1.807, 2.05) is 54.0 Å². The van der Waals surface area contributed by atoms with Gasteiger partial charge in [-0.2, -0.15) is 0 Å². The maximum atomic E-state index is 12.9. The van der Waals surface area contributed by atoms with Crippen LogP contribution in [0.25, 0.3) is 21.8 Å². The monoisotopic (exact) mass is 604 g/mol. The van der Waals surface area contributed by atoms with Gasteiger partial charge < -0.3 is 9.55 Å². The summed E-state index contributed by atoms with van der Waals surface area (Å²) in [7, 11) is 0. The summed E-state index contributed by atoms with van der Waals surface area (Å²) in [5.74, 6) is -0.628. The minimum absolute atomic E-state index is 0.131. The first-order valence-electron chi connectivity index (χ1n) is 14.6. The van der Waals surface area contributed by atoms with Gasteiger partial charge in [-0.1, -0.05) is 54.1 Å². The first-order chi connectivity index (χ1) is 22.4. The van der Waals surface area contributed by atoms with Gasteiger partial charge in [0.2, 0.25) is 10.9 Å². The molecule has 0 unspecified atom stereocenters. The Kier molecular flexibility index (Phi) is 8.51. The van der Waals surface area contributed by atoms with Crippen molar-refractivity contribution in [2.45, 2.75) is 13.5 Å². The van der Waals surface area contributed by atoms with Crippen molar-refractivity contribution in [3.8, 4) is 0 Å². The van der Waals surface area contributed by atoms with Gasteiger partial charge in [0.15, 0.2) is 11.6 Å². The van der Waals surface area contributed by atoms with Crippen LogP contribution in [0.4, 0.5) is 0 Å². The number of hydrogen-bond acceptors (Lipinski definition) is 6. The van der Waals surface area contributed by atoms with E-state index in [9.17, 15) is 19.2 Å². The number of rotatable bonds is 6. The summed E-state index contributed by atoms with van der Waals surface area (Å²) < 4.78 is 1.97. The maximum Gasteiger partial charge on any atom is 0.200 e. The Morgan fingerprint density at radius 2 is 1.33 bits per heavy atom. The quantitative estimate of drug-likeness (QED) is 0.228. The van der Waals surface area contributed by atoms with Crippen LogP contribution < -0.4 is 10.9 Å². The topological polar surface area (TPSA) is 115 Å². The van der Waals surface area contributed by atoms with Crippen LogP contribution in [-0.2, 0) is 6.54 Å². The van der Waals surface area contributed by atoms with E-state index < -0.39 is 0 Å². The molecule has 0 radical (unpaired) electrons. The van der Waals surface area contributed by atoms with Crippen molar-refractivity contribution in [1.82, 2.24) is 19.5 Å². The van der Waals surface area contributed by atoms with Crippen LogP contribution in [0.2, 0.25) is 0 Å². The van der Waals surface area contributed by atoms with Crippen molar-refractivity contribution in [2.24, 2.45) is 0 Å². The Balaban J connectivity index is 0.000000172. The zero-order valence-corrected chi connectivity index (χ0v) is 24.9. The molecule has 4 aromatic heterocycles. The first-order valence-corrected chi connectivity index (χ1v) is 14.6. The Morgan fingerprint density at radius 3 is 2.00 bits per heavy atom. The van der Waals surface area contributed by atoms with Crippen molar-refractivity contribution in [2.75, 3.05) is 0 Å². The van der Waals surface area contributed by atoms with Crippen LogP contribution in [0, 0.1) is 6.92 Å². The van der Waals surface area contributed by atoms with Crippen molar-refractivity contribution in [3.05, 3.63) is 188 Å². The number of aromatic nitrogens is 4. The molecule has 224 valence electrons. The highest BCUT2D eigenvalue weighted by molar-refractivity contribution is 6.10. The van der Waals surface area contributed by atoms with Gasteiger partial charge >= 0.3 is 0 Å². The first kappa shape index (κ1) is 29.8. The fourth-order valence-corrected chi connectivity index (χ4v) is 5.29. The van der Waals surface area contributed by atoms with E-state index >= 15 is 0 Å². The molecule has 7 rings (SSSR count). The molecule has 0 fully saturated rings. The predicted octanol–water partition coefficient (Wildman–Crippen LogP) is 6.14. The van der Waals surface area contributed by atoms with E-state index in [0.717, 1.165) is 16.6 Å². The number of nitrogens with one attached hydrogen (secondary N) is 1. The number of H-pyrrole nitrogens is 1. The molecule has 1 N–H and O–H groups in total. The highest BCUT2D eigenvalue weighted by Gasteiger charge is 2.18. The molecule has 0 saturated carbocycles. The van der Waals surface area contributed by atoms with Gasteiger partial charge in [0.1, 0.15) is 0 Å². The van der Waals surface area contributed by atoms with E-state index in [0.29, 0.717) is 28.4 Å². The van der Waals surface area contributed by atoms with Crippen molar-refractivity contribution in [1.29, 1.82) is 0 Å². The Morgan fingerprint density at radius 1 is 0.696 bits per heavy atom. The highest BCUT2D eigenvalue weighted by atomic mass is 16.1. The average Bonchev–Trinajstić information content (AvgIpc) is 3.10. The molecule has 46 heavy (non-hydrogen) atoms. The third-order valence-electron chi connectivity index (χ3n) is 7.55. The number of carbonyl (C=O) groups is 2. The standard InChI is InChI=1S/C23H18N2O2.C15H10N2O2/c1-16-6-4-7-17(12-16)14-25-15-20(22(26)18-8-5-11-24-13-18)23(27)19-9-2-3-10-21(19)25;18-14(10-4-3-7-16-8-10)12-9-17-13-6-2-1-5-11(13)15(12)19/h2-13,15H,14H2,1H3;1-9H,(H,17,19). The average molecular weight is 605 g/mol. The second-order valence-corrected chi connectivity index (χ2v) is 10.7. The van der Waals surface area contributed by atoms with E-state index in [-0.39, 0.29) is 33.6 Å². The van der Waals surface area contributed by atoms with Gasteiger partial charge in [-0.3, -0.25) is 29.1 Å². The summed E-state index contributed by atoms with van der Waals surface area (Å²) in [6.07, 6.45) is 9.26. The largest absolute Gasteiger partial charge is 0.360 e. The fourth-order valence-electron chi connectivity index (χ4n) is 5.29. The molecule has 3 aromatic carbocycles. The van der Waals surface area contributed by atoms with Crippen molar-refractivity contribution in [3.63, 3.8) is 0 Å². The Bertz CT molecular complexity index is 2330. The summed E-state index contributed by atoms with van der Waals surface area (Å²) in [5, 5.41) is 1.05. The van der Waals surface area contributed by atoms with E-state index in [2.05, 4.69) is 21.0 Å². The number of benzene rings is 3. The molecule has 0 bridgehead atoms. The predicted molar refractivity (Wildman–Crippen MR) is 178 cm³/mol. The van der Waals surface area contributed by atoms with Crippen LogP contribution in [0.15, 0.2) is 144 Å². The van der Waals surface area contributed by atoms with Gasteiger partial charge in [-0.15, -0.1) is 0 Å². The van der Waals surface area contributed by atoms with E-state index in [1.54, 1.807) is 67.1 Å².